The highest BCUT2D eigenvalue weighted by atomic mass is 19.4. The minimum absolute atomic E-state index is 0.130. The van der Waals surface area contributed by atoms with Crippen molar-refractivity contribution in [3.63, 3.8) is 0 Å². The standard InChI is InChI=1S/C16H15F4N3O3/c1-10-21-14(26-22-10)15(17)7-2-8-23(9-15)13(24)11-3-5-12(6-4-11)25-16(18,19)20/h3-6H,2,7-9H2,1H3. The van der Waals surface area contributed by atoms with Gasteiger partial charge < -0.3 is 14.2 Å². The first-order chi connectivity index (χ1) is 12.2. The predicted molar refractivity (Wildman–Crippen MR) is 80.1 cm³/mol. The molecule has 0 N–H and O–H groups in total. The Kier molecular flexibility index (Phi) is 4.59. The molecule has 1 saturated heterocycles. The van der Waals surface area contributed by atoms with Crippen LogP contribution in [-0.4, -0.2) is 40.4 Å². The fraction of sp³-hybridized carbons (Fsp3) is 0.438. The van der Waals surface area contributed by atoms with E-state index in [0.717, 1.165) is 12.1 Å². The van der Waals surface area contributed by atoms with Gasteiger partial charge in [0.05, 0.1) is 6.54 Å². The lowest BCUT2D eigenvalue weighted by Crippen LogP contribution is -2.46. The van der Waals surface area contributed by atoms with Crippen molar-refractivity contribution >= 4 is 5.91 Å². The van der Waals surface area contributed by atoms with Gasteiger partial charge in [-0.15, -0.1) is 13.2 Å². The van der Waals surface area contributed by atoms with E-state index in [4.69, 9.17) is 4.52 Å². The minimum atomic E-state index is -4.81. The van der Waals surface area contributed by atoms with Gasteiger partial charge in [-0.05, 0) is 44.0 Å². The fourth-order valence-corrected chi connectivity index (χ4v) is 2.82. The first-order valence-electron chi connectivity index (χ1n) is 7.81. The number of benzene rings is 1. The molecule has 140 valence electrons. The van der Waals surface area contributed by atoms with Crippen LogP contribution in [-0.2, 0) is 5.67 Å². The number of carbonyl (C=O) groups is 1. The average Bonchev–Trinajstić information content (AvgIpc) is 3.01. The number of carbonyl (C=O) groups excluding carboxylic acids is 1. The number of nitrogens with zero attached hydrogens (tertiary/aromatic N) is 3. The molecule has 10 heteroatoms. The zero-order chi connectivity index (χ0) is 18.9. The molecule has 0 saturated carbocycles. The van der Waals surface area contributed by atoms with Crippen LogP contribution in [0.15, 0.2) is 28.8 Å². The lowest BCUT2D eigenvalue weighted by atomic mass is 9.94. The second-order valence-electron chi connectivity index (χ2n) is 6.01. The van der Waals surface area contributed by atoms with E-state index < -0.39 is 23.7 Å². The molecule has 1 aromatic carbocycles. The zero-order valence-electron chi connectivity index (χ0n) is 13.7. The third kappa shape index (κ3) is 3.94. The summed E-state index contributed by atoms with van der Waals surface area (Å²) in [4.78, 5) is 17.7. The van der Waals surface area contributed by atoms with Gasteiger partial charge in [-0.2, -0.15) is 4.98 Å². The van der Waals surface area contributed by atoms with Crippen LogP contribution < -0.4 is 4.74 Å². The van der Waals surface area contributed by atoms with Crippen LogP contribution >= 0.6 is 0 Å². The summed E-state index contributed by atoms with van der Waals surface area (Å²) in [7, 11) is 0. The van der Waals surface area contributed by atoms with Crippen molar-refractivity contribution in [3.8, 4) is 5.75 Å². The number of likely N-dealkylation sites (tertiary alicyclic amines) is 1. The third-order valence-electron chi connectivity index (χ3n) is 3.98. The van der Waals surface area contributed by atoms with Crippen LogP contribution in [0.25, 0.3) is 0 Å². The van der Waals surface area contributed by atoms with Crippen LogP contribution in [0.4, 0.5) is 17.6 Å². The van der Waals surface area contributed by atoms with Crippen molar-refractivity contribution in [2.75, 3.05) is 13.1 Å². The number of halogens is 4. The van der Waals surface area contributed by atoms with Crippen LogP contribution in [0.1, 0.15) is 34.9 Å². The van der Waals surface area contributed by atoms with Crippen molar-refractivity contribution in [3.05, 3.63) is 41.5 Å². The van der Waals surface area contributed by atoms with E-state index in [2.05, 4.69) is 14.9 Å². The summed E-state index contributed by atoms with van der Waals surface area (Å²) in [6, 6.07) is 4.48. The van der Waals surface area contributed by atoms with E-state index >= 15 is 4.39 Å². The van der Waals surface area contributed by atoms with Gasteiger partial charge in [-0.25, -0.2) is 4.39 Å². The Morgan fingerprint density at radius 1 is 1.31 bits per heavy atom. The van der Waals surface area contributed by atoms with Crippen molar-refractivity contribution in [2.45, 2.75) is 31.8 Å². The number of aryl methyl sites for hydroxylation is 1. The number of amides is 1. The molecule has 6 nitrogen and oxygen atoms in total. The molecule has 0 bridgehead atoms. The van der Waals surface area contributed by atoms with Crippen LogP contribution in [0, 0.1) is 6.92 Å². The highest BCUT2D eigenvalue weighted by Crippen LogP contribution is 2.35. The summed E-state index contributed by atoms with van der Waals surface area (Å²) in [5.74, 6) is -0.822. The van der Waals surface area contributed by atoms with Gasteiger partial charge in [0, 0.05) is 12.1 Å². The molecule has 1 amide bonds. The van der Waals surface area contributed by atoms with Gasteiger partial charge in [0.2, 0.25) is 5.67 Å². The highest BCUT2D eigenvalue weighted by molar-refractivity contribution is 5.94. The Bertz CT molecular complexity index is 791. The Balaban J connectivity index is 1.73. The van der Waals surface area contributed by atoms with Crippen LogP contribution in [0.3, 0.4) is 0 Å². The summed E-state index contributed by atoms with van der Waals surface area (Å²) in [5, 5.41) is 3.57. The van der Waals surface area contributed by atoms with Crippen molar-refractivity contribution in [1.29, 1.82) is 0 Å². The van der Waals surface area contributed by atoms with E-state index in [0.29, 0.717) is 18.8 Å². The van der Waals surface area contributed by atoms with Gasteiger partial charge in [0.25, 0.3) is 11.8 Å². The van der Waals surface area contributed by atoms with E-state index in [1.807, 2.05) is 0 Å². The van der Waals surface area contributed by atoms with Gasteiger partial charge in [-0.1, -0.05) is 5.16 Å². The number of alkyl halides is 4. The summed E-state index contributed by atoms with van der Waals surface area (Å²) in [5.41, 5.74) is -1.82. The Labute approximate surface area is 145 Å². The van der Waals surface area contributed by atoms with Crippen molar-refractivity contribution < 1.29 is 31.6 Å². The topological polar surface area (TPSA) is 68.5 Å². The van der Waals surface area contributed by atoms with E-state index in [-0.39, 0.29) is 24.4 Å². The number of piperidine rings is 1. The molecule has 1 aliphatic heterocycles. The molecule has 3 rings (SSSR count). The second-order valence-corrected chi connectivity index (χ2v) is 6.01. The maximum Gasteiger partial charge on any atom is 0.573 e. The minimum Gasteiger partial charge on any atom is -0.406 e. The molecule has 1 aromatic heterocycles. The van der Waals surface area contributed by atoms with Gasteiger partial charge in [0.15, 0.2) is 5.82 Å². The van der Waals surface area contributed by atoms with Crippen LogP contribution in [0.2, 0.25) is 0 Å². The quantitative estimate of drug-likeness (QED) is 0.772. The normalized spacial score (nSPS) is 20.9. The molecule has 0 spiro atoms. The van der Waals surface area contributed by atoms with Gasteiger partial charge in [0.1, 0.15) is 5.75 Å². The molecular weight excluding hydrogens is 358 g/mol. The first kappa shape index (κ1) is 18.2. The summed E-state index contributed by atoms with van der Waals surface area (Å²) < 4.78 is 60.4. The lowest BCUT2D eigenvalue weighted by Gasteiger charge is -2.35. The molecule has 0 aliphatic carbocycles. The molecule has 2 heterocycles. The molecule has 1 atom stereocenters. The van der Waals surface area contributed by atoms with Crippen molar-refractivity contribution in [2.24, 2.45) is 0 Å². The monoisotopic (exact) mass is 373 g/mol. The molecule has 26 heavy (non-hydrogen) atoms. The maximum absolute atomic E-state index is 15.2. The highest BCUT2D eigenvalue weighted by Gasteiger charge is 2.43. The zero-order valence-corrected chi connectivity index (χ0v) is 13.7. The van der Waals surface area contributed by atoms with Gasteiger partial charge >= 0.3 is 6.36 Å². The van der Waals surface area contributed by atoms with E-state index in [1.54, 1.807) is 6.92 Å². The largest absolute Gasteiger partial charge is 0.573 e. The number of hydrogen-bond acceptors (Lipinski definition) is 5. The summed E-state index contributed by atoms with van der Waals surface area (Å²) in [6.45, 7) is 1.61. The first-order valence-corrected chi connectivity index (χ1v) is 7.81. The third-order valence-corrected chi connectivity index (χ3v) is 3.98. The lowest BCUT2D eigenvalue weighted by molar-refractivity contribution is -0.274. The molecule has 1 aliphatic rings. The molecule has 0 radical (unpaired) electrons. The van der Waals surface area contributed by atoms with Crippen molar-refractivity contribution in [1.82, 2.24) is 15.0 Å². The Morgan fingerprint density at radius 3 is 2.58 bits per heavy atom. The smallest absolute Gasteiger partial charge is 0.406 e. The summed E-state index contributed by atoms with van der Waals surface area (Å²) in [6.07, 6.45) is -4.29. The average molecular weight is 373 g/mol. The van der Waals surface area contributed by atoms with E-state index in [9.17, 15) is 18.0 Å². The molecule has 2 aromatic rings. The van der Waals surface area contributed by atoms with Crippen LogP contribution in [0.5, 0.6) is 5.75 Å². The number of ether oxygens (including phenoxy) is 1. The molecule has 1 unspecified atom stereocenters. The summed E-state index contributed by atoms with van der Waals surface area (Å²) >= 11 is 0. The Morgan fingerprint density at radius 2 is 2.00 bits per heavy atom. The number of aromatic nitrogens is 2. The number of rotatable bonds is 3. The predicted octanol–water partition coefficient (Wildman–Crippen LogP) is 3.38. The molecular formula is C16H15F4N3O3. The Hall–Kier alpha value is -2.65. The second kappa shape index (κ2) is 6.58. The maximum atomic E-state index is 15.2. The van der Waals surface area contributed by atoms with E-state index in [1.165, 1.54) is 17.0 Å². The fourth-order valence-electron chi connectivity index (χ4n) is 2.82. The number of hydrogen-bond donors (Lipinski definition) is 0. The SMILES string of the molecule is Cc1noc(C2(F)CCCN(C(=O)c3ccc(OC(F)(F)F)cc3)C2)n1. The van der Waals surface area contributed by atoms with Gasteiger partial charge in [-0.3, -0.25) is 4.79 Å². The molecule has 1 fully saturated rings.